The highest BCUT2D eigenvalue weighted by Gasteiger charge is 2.31. The van der Waals surface area contributed by atoms with Crippen molar-refractivity contribution in [2.45, 2.75) is 30.2 Å². The molecule has 1 aliphatic rings. The topological polar surface area (TPSA) is 92.4 Å². The summed E-state index contributed by atoms with van der Waals surface area (Å²) in [6.45, 7) is -0.0113. The number of aliphatic hydroxyl groups excluding tert-OH is 1. The number of nitrogen functional groups attached to an aromatic ring is 1. The predicted molar refractivity (Wildman–Crippen MR) is 74.4 cm³/mol. The molecule has 0 spiro atoms. The maximum atomic E-state index is 12.3. The Labute approximate surface area is 117 Å². The Morgan fingerprint density at radius 2 is 2.16 bits per heavy atom. The summed E-state index contributed by atoms with van der Waals surface area (Å²) in [6, 6.07) is 4.07. The van der Waals surface area contributed by atoms with Gasteiger partial charge in [-0.3, -0.25) is 0 Å². The minimum Gasteiger partial charge on any atom is -0.399 e. The summed E-state index contributed by atoms with van der Waals surface area (Å²) in [5.41, 5.74) is 5.96. The van der Waals surface area contributed by atoms with Crippen LogP contribution in [0.15, 0.2) is 23.1 Å². The highest BCUT2D eigenvalue weighted by Crippen LogP contribution is 2.29. The molecule has 0 aromatic heterocycles. The highest BCUT2D eigenvalue weighted by atomic mass is 35.5. The molecule has 106 valence electrons. The minimum atomic E-state index is -3.68. The van der Waals surface area contributed by atoms with Crippen molar-refractivity contribution in [2.24, 2.45) is 5.92 Å². The summed E-state index contributed by atoms with van der Waals surface area (Å²) in [5.74, 6) is -0.0256. The van der Waals surface area contributed by atoms with Gasteiger partial charge in [0.15, 0.2) is 0 Å². The number of halogens is 1. The largest absolute Gasteiger partial charge is 0.399 e. The van der Waals surface area contributed by atoms with Gasteiger partial charge in [-0.05, 0) is 37.0 Å². The lowest BCUT2D eigenvalue weighted by molar-refractivity contribution is 0.213. The van der Waals surface area contributed by atoms with Crippen LogP contribution < -0.4 is 10.5 Å². The first-order chi connectivity index (χ1) is 8.94. The van der Waals surface area contributed by atoms with Gasteiger partial charge < -0.3 is 10.8 Å². The summed E-state index contributed by atoms with van der Waals surface area (Å²) >= 11 is 5.92. The standard InChI is InChI=1S/C12H17ClN2O3S/c13-10-6-9(14)4-5-12(10)19(17,18)15-11-3-1-2-8(11)7-16/h4-6,8,11,15-16H,1-3,7,14H2. The lowest BCUT2D eigenvalue weighted by atomic mass is 10.1. The number of anilines is 1. The first-order valence-electron chi connectivity index (χ1n) is 6.12. The highest BCUT2D eigenvalue weighted by molar-refractivity contribution is 7.89. The van der Waals surface area contributed by atoms with Crippen molar-refractivity contribution in [3.05, 3.63) is 23.2 Å². The molecule has 0 radical (unpaired) electrons. The van der Waals surface area contributed by atoms with Crippen LogP contribution in [0.25, 0.3) is 0 Å². The van der Waals surface area contributed by atoms with Crippen LogP contribution in [-0.2, 0) is 10.0 Å². The molecule has 2 unspecified atom stereocenters. The quantitative estimate of drug-likeness (QED) is 0.732. The van der Waals surface area contributed by atoms with Crippen LogP contribution in [-0.4, -0.2) is 26.2 Å². The zero-order valence-electron chi connectivity index (χ0n) is 10.3. The molecule has 1 fully saturated rings. The summed E-state index contributed by atoms with van der Waals surface area (Å²) in [6.07, 6.45) is 2.48. The van der Waals surface area contributed by atoms with Crippen molar-refractivity contribution < 1.29 is 13.5 Å². The number of sulfonamides is 1. The molecule has 0 saturated heterocycles. The number of hydrogen-bond donors (Lipinski definition) is 3. The number of hydrogen-bond acceptors (Lipinski definition) is 4. The van der Waals surface area contributed by atoms with Gasteiger partial charge in [0.25, 0.3) is 0 Å². The summed E-state index contributed by atoms with van der Waals surface area (Å²) in [4.78, 5) is 0.0203. The van der Waals surface area contributed by atoms with Crippen LogP contribution in [0.1, 0.15) is 19.3 Å². The second-order valence-corrected chi connectivity index (χ2v) is 6.88. The van der Waals surface area contributed by atoms with Gasteiger partial charge in [0.2, 0.25) is 10.0 Å². The normalized spacial score (nSPS) is 23.7. The third kappa shape index (κ3) is 3.20. The molecule has 0 bridgehead atoms. The minimum absolute atomic E-state index is 0.0113. The zero-order chi connectivity index (χ0) is 14.0. The summed E-state index contributed by atoms with van der Waals surface area (Å²) in [5, 5.41) is 9.32. The maximum Gasteiger partial charge on any atom is 0.242 e. The average molecular weight is 305 g/mol. The zero-order valence-corrected chi connectivity index (χ0v) is 11.9. The molecule has 1 aromatic rings. The Morgan fingerprint density at radius 1 is 1.42 bits per heavy atom. The van der Waals surface area contributed by atoms with Gasteiger partial charge in [-0.1, -0.05) is 18.0 Å². The molecule has 0 heterocycles. The molecule has 1 aromatic carbocycles. The number of nitrogens with one attached hydrogen (secondary N) is 1. The molecule has 2 atom stereocenters. The molecule has 1 saturated carbocycles. The monoisotopic (exact) mass is 304 g/mol. The van der Waals surface area contributed by atoms with Gasteiger partial charge in [-0.15, -0.1) is 0 Å². The second-order valence-electron chi connectivity index (χ2n) is 4.79. The molecular weight excluding hydrogens is 288 g/mol. The first kappa shape index (κ1) is 14.6. The maximum absolute atomic E-state index is 12.3. The van der Waals surface area contributed by atoms with Crippen LogP contribution in [0.4, 0.5) is 5.69 Å². The molecular formula is C12H17ClN2O3S. The van der Waals surface area contributed by atoms with E-state index < -0.39 is 10.0 Å². The van der Waals surface area contributed by atoms with Crippen LogP contribution in [0.5, 0.6) is 0 Å². The van der Waals surface area contributed by atoms with Gasteiger partial charge >= 0.3 is 0 Å². The van der Waals surface area contributed by atoms with Crippen LogP contribution in [0.3, 0.4) is 0 Å². The molecule has 1 aliphatic carbocycles. The Hall–Kier alpha value is -0.820. The van der Waals surface area contributed by atoms with Gasteiger partial charge in [0.05, 0.1) is 5.02 Å². The molecule has 5 nitrogen and oxygen atoms in total. The van der Waals surface area contributed by atoms with E-state index in [2.05, 4.69) is 4.72 Å². The van der Waals surface area contributed by atoms with Crippen LogP contribution in [0, 0.1) is 5.92 Å². The van der Waals surface area contributed by atoms with E-state index in [0.29, 0.717) is 5.69 Å². The smallest absolute Gasteiger partial charge is 0.242 e. The molecule has 0 amide bonds. The van der Waals surface area contributed by atoms with Gasteiger partial charge in [-0.25, -0.2) is 13.1 Å². The fourth-order valence-corrected chi connectivity index (χ4v) is 4.30. The van der Waals surface area contributed by atoms with Gasteiger partial charge in [0, 0.05) is 18.3 Å². The van der Waals surface area contributed by atoms with E-state index in [-0.39, 0.29) is 28.5 Å². The number of rotatable bonds is 4. The SMILES string of the molecule is Nc1ccc(S(=O)(=O)NC2CCCC2CO)c(Cl)c1. The van der Waals surface area contributed by atoms with E-state index >= 15 is 0 Å². The third-order valence-corrected chi connectivity index (χ3v) is 5.42. The molecule has 4 N–H and O–H groups in total. The molecule has 19 heavy (non-hydrogen) atoms. The van der Waals surface area contributed by atoms with Crippen molar-refractivity contribution in [3.63, 3.8) is 0 Å². The number of aliphatic hydroxyl groups is 1. The molecule has 7 heteroatoms. The van der Waals surface area contributed by atoms with E-state index in [1.807, 2.05) is 0 Å². The Bertz CT molecular complexity index is 562. The van der Waals surface area contributed by atoms with E-state index in [1.165, 1.54) is 18.2 Å². The average Bonchev–Trinajstić information content (AvgIpc) is 2.74. The second kappa shape index (κ2) is 5.66. The predicted octanol–water partition coefficient (Wildman–Crippen LogP) is 1.36. The number of nitrogens with two attached hydrogens (primary N) is 1. The fraction of sp³-hybridized carbons (Fsp3) is 0.500. The fourth-order valence-electron chi connectivity index (χ4n) is 2.41. The van der Waals surface area contributed by atoms with E-state index in [9.17, 15) is 13.5 Å². The first-order valence-corrected chi connectivity index (χ1v) is 7.98. The van der Waals surface area contributed by atoms with Gasteiger partial charge in [-0.2, -0.15) is 0 Å². The van der Waals surface area contributed by atoms with Crippen molar-refractivity contribution in [3.8, 4) is 0 Å². The Balaban J connectivity index is 2.23. The van der Waals surface area contributed by atoms with E-state index in [0.717, 1.165) is 19.3 Å². The lowest BCUT2D eigenvalue weighted by Crippen LogP contribution is -2.38. The van der Waals surface area contributed by atoms with E-state index in [4.69, 9.17) is 17.3 Å². The van der Waals surface area contributed by atoms with Gasteiger partial charge in [0.1, 0.15) is 4.90 Å². The van der Waals surface area contributed by atoms with Crippen molar-refractivity contribution in [1.29, 1.82) is 0 Å². The van der Waals surface area contributed by atoms with Crippen molar-refractivity contribution in [2.75, 3.05) is 12.3 Å². The van der Waals surface area contributed by atoms with E-state index in [1.54, 1.807) is 0 Å². The summed E-state index contributed by atoms with van der Waals surface area (Å²) in [7, 11) is -3.68. The lowest BCUT2D eigenvalue weighted by Gasteiger charge is -2.19. The van der Waals surface area contributed by atoms with Crippen LogP contribution in [0.2, 0.25) is 5.02 Å². The molecule has 0 aliphatic heterocycles. The third-order valence-electron chi connectivity index (χ3n) is 3.45. The van der Waals surface area contributed by atoms with Crippen molar-refractivity contribution >= 4 is 27.3 Å². The number of benzene rings is 1. The van der Waals surface area contributed by atoms with Crippen LogP contribution >= 0.6 is 11.6 Å². The Kier molecular flexibility index (Phi) is 4.35. The van der Waals surface area contributed by atoms with Crippen molar-refractivity contribution in [1.82, 2.24) is 4.72 Å². The Morgan fingerprint density at radius 3 is 2.79 bits per heavy atom. The molecule has 2 rings (SSSR count). The summed E-state index contributed by atoms with van der Waals surface area (Å²) < 4.78 is 27.1.